The van der Waals surface area contributed by atoms with E-state index < -0.39 is 0 Å². The highest BCUT2D eigenvalue weighted by molar-refractivity contribution is 9.10. The van der Waals surface area contributed by atoms with Crippen LogP contribution in [0.25, 0.3) is 10.1 Å². The number of thiophene rings is 1. The predicted molar refractivity (Wildman–Crippen MR) is 88.2 cm³/mol. The Bertz CT molecular complexity index is 672. The number of carbonyl (C=O) groups excluding carboxylic acids is 1. The average Bonchev–Trinajstić information content (AvgIpc) is 2.91. The SMILES string of the molecule is CC1CN(C(=O)c2sc3ccc(Br)cc3c2N)CC1C. The monoisotopic (exact) mass is 352 g/mol. The van der Waals surface area contributed by atoms with Crippen molar-refractivity contribution in [2.24, 2.45) is 11.8 Å². The lowest BCUT2D eigenvalue weighted by Crippen LogP contribution is -2.28. The van der Waals surface area contributed by atoms with Crippen LogP contribution in [0.1, 0.15) is 23.5 Å². The fraction of sp³-hybridized carbons (Fsp3) is 0.400. The number of nitrogens with two attached hydrogens (primary N) is 1. The summed E-state index contributed by atoms with van der Waals surface area (Å²) < 4.78 is 2.05. The molecule has 2 N–H and O–H groups in total. The van der Waals surface area contributed by atoms with E-state index in [4.69, 9.17) is 5.73 Å². The van der Waals surface area contributed by atoms with Gasteiger partial charge in [0.15, 0.2) is 0 Å². The Morgan fingerprint density at radius 3 is 2.65 bits per heavy atom. The fourth-order valence-corrected chi connectivity index (χ4v) is 4.12. The molecule has 1 aliphatic heterocycles. The molecule has 2 heterocycles. The summed E-state index contributed by atoms with van der Waals surface area (Å²) in [4.78, 5) is 15.3. The molecule has 2 unspecified atom stereocenters. The first-order valence-electron chi connectivity index (χ1n) is 6.74. The van der Waals surface area contributed by atoms with Crippen LogP contribution in [0.3, 0.4) is 0 Å². The molecule has 0 bridgehead atoms. The van der Waals surface area contributed by atoms with Gasteiger partial charge in [0.1, 0.15) is 4.88 Å². The second kappa shape index (κ2) is 5.04. The van der Waals surface area contributed by atoms with Crippen LogP contribution in [0.5, 0.6) is 0 Å². The van der Waals surface area contributed by atoms with Crippen molar-refractivity contribution in [3.8, 4) is 0 Å². The summed E-state index contributed by atoms with van der Waals surface area (Å²) in [5.41, 5.74) is 6.80. The van der Waals surface area contributed by atoms with Crippen LogP contribution in [0.4, 0.5) is 5.69 Å². The Morgan fingerprint density at radius 1 is 1.35 bits per heavy atom. The van der Waals surface area contributed by atoms with E-state index in [0.29, 0.717) is 22.4 Å². The molecule has 2 aromatic rings. The normalized spacial score (nSPS) is 22.6. The Balaban J connectivity index is 1.98. The lowest BCUT2D eigenvalue weighted by molar-refractivity contribution is 0.0791. The van der Waals surface area contributed by atoms with Crippen LogP contribution in [-0.2, 0) is 0 Å². The van der Waals surface area contributed by atoms with Crippen LogP contribution in [-0.4, -0.2) is 23.9 Å². The Kier molecular flexibility index (Phi) is 3.50. The van der Waals surface area contributed by atoms with Crippen molar-refractivity contribution >= 4 is 48.9 Å². The van der Waals surface area contributed by atoms with Crippen molar-refractivity contribution in [2.45, 2.75) is 13.8 Å². The van der Waals surface area contributed by atoms with Gasteiger partial charge in [-0.3, -0.25) is 4.79 Å². The highest BCUT2D eigenvalue weighted by Gasteiger charge is 2.31. The number of carbonyl (C=O) groups is 1. The van der Waals surface area contributed by atoms with Gasteiger partial charge in [0.2, 0.25) is 0 Å². The molecule has 2 atom stereocenters. The van der Waals surface area contributed by atoms with Crippen molar-refractivity contribution in [1.82, 2.24) is 4.90 Å². The van der Waals surface area contributed by atoms with Crippen LogP contribution in [0.2, 0.25) is 0 Å². The number of halogens is 1. The number of hydrogen-bond acceptors (Lipinski definition) is 3. The third-order valence-electron chi connectivity index (χ3n) is 4.16. The van der Waals surface area contributed by atoms with Gasteiger partial charge in [-0.1, -0.05) is 29.8 Å². The summed E-state index contributed by atoms with van der Waals surface area (Å²) in [5, 5.41) is 0.966. The summed E-state index contributed by atoms with van der Waals surface area (Å²) in [7, 11) is 0. The molecule has 1 fully saturated rings. The van der Waals surface area contributed by atoms with Crippen molar-refractivity contribution < 1.29 is 4.79 Å². The molecular weight excluding hydrogens is 336 g/mol. The number of anilines is 1. The number of amides is 1. The molecule has 3 rings (SSSR count). The maximum Gasteiger partial charge on any atom is 0.266 e. The zero-order valence-electron chi connectivity index (χ0n) is 11.5. The first-order chi connectivity index (χ1) is 9.47. The van der Waals surface area contributed by atoms with Crippen molar-refractivity contribution in [3.63, 3.8) is 0 Å². The number of likely N-dealkylation sites (tertiary alicyclic amines) is 1. The molecule has 0 aliphatic carbocycles. The fourth-order valence-electron chi connectivity index (χ4n) is 2.69. The molecule has 20 heavy (non-hydrogen) atoms. The van der Waals surface area contributed by atoms with Crippen molar-refractivity contribution in [3.05, 3.63) is 27.5 Å². The quantitative estimate of drug-likeness (QED) is 0.843. The van der Waals surface area contributed by atoms with Gasteiger partial charge in [0.25, 0.3) is 5.91 Å². The van der Waals surface area contributed by atoms with Crippen LogP contribution in [0.15, 0.2) is 22.7 Å². The summed E-state index contributed by atoms with van der Waals surface area (Å²) in [5.74, 6) is 1.20. The highest BCUT2D eigenvalue weighted by Crippen LogP contribution is 2.37. The van der Waals surface area contributed by atoms with E-state index in [1.165, 1.54) is 11.3 Å². The molecule has 1 aliphatic rings. The summed E-state index contributed by atoms with van der Waals surface area (Å²) in [6, 6.07) is 5.96. The second-order valence-electron chi connectivity index (χ2n) is 5.65. The third-order valence-corrected chi connectivity index (χ3v) is 5.83. The molecule has 106 valence electrons. The van der Waals surface area contributed by atoms with Crippen molar-refractivity contribution in [1.29, 1.82) is 0 Å². The minimum Gasteiger partial charge on any atom is -0.397 e. The van der Waals surface area contributed by atoms with Crippen LogP contribution >= 0.6 is 27.3 Å². The maximum absolute atomic E-state index is 12.7. The molecule has 0 spiro atoms. The standard InChI is InChI=1S/C15H17BrN2OS/c1-8-6-18(7-9(8)2)15(19)14-13(17)11-5-10(16)3-4-12(11)20-14/h3-5,8-9H,6-7,17H2,1-2H3. The number of fused-ring (bicyclic) bond motifs is 1. The predicted octanol–water partition coefficient (Wildman–Crippen LogP) is 3.97. The Labute approximate surface area is 130 Å². The molecule has 0 saturated carbocycles. The number of nitrogen functional groups attached to an aromatic ring is 1. The topological polar surface area (TPSA) is 46.3 Å². The molecule has 1 amide bonds. The zero-order valence-corrected chi connectivity index (χ0v) is 13.9. The highest BCUT2D eigenvalue weighted by atomic mass is 79.9. The lowest BCUT2D eigenvalue weighted by atomic mass is 10.0. The van der Waals surface area contributed by atoms with E-state index in [0.717, 1.165) is 27.6 Å². The first kappa shape index (κ1) is 13.9. The van der Waals surface area contributed by atoms with Crippen molar-refractivity contribution in [2.75, 3.05) is 18.8 Å². The van der Waals surface area contributed by atoms with Crippen LogP contribution in [0, 0.1) is 11.8 Å². The zero-order chi connectivity index (χ0) is 14.4. The van der Waals surface area contributed by atoms with E-state index in [2.05, 4.69) is 29.8 Å². The molecular formula is C15H17BrN2OS. The Morgan fingerprint density at radius 2 is 2.00 bits per heavy atom. The largest absolute Gasteiger partial charge is 0.397 e. The van der Waals surface area contributed by atoms with Gasteiger partial charge >= 0.3 is 0 Å². The second-order valence-corrected chi connectivity index (χ2v) is 7.62. The third kappa shape index (κ3) is 2.23. The van der Waals surface area contributed by atoms with E-state index in [1.807, 2.05) is 23.1 Å². The molecule has 1 saturated heterocycles. The Hall–Kier alpha value is -1.07. The minimum absolute atomic E-state index is 0.0797. The lowest BCUT2D eigenvalue weighted by Gasteiger charge is -2.15. The summed E-state index contributed by atoms with van der Waals surface area (Å²) in [6.45, 7) is 6.06. The van der Waals surface area contributed by atoms with E-state index in [-0.39, 0.29) is 5.91 Å². The van der Waals surface area contributed by atoms with Gasteiger partial charge in [0.05, 0.1) is 5.69 Å². The summed E-state index contributed by atoms with van der Waals surface area (Å²) >= 11 is 4.94. The van der Waals surface area contributed by atoms with Gasteiger partial charge in [-0.2, -0.15) is 0 Å². The van der Waals surface area contributed by atoms with Gasteiger partial charge in [-0.05, 0) is 30.0 Å². The average molecular weight is 353 g/mol. The van der Waals surface area contributed by atoms with Crippen LogP contribution < -0.4 is 5.73 Å². The van der Waals surface area contributed by atoms with Gasteiger partial charge in [-0.15, -0.1) is 11.3 Å². The van der Waals surface area contributed by atoms with E-state index in [9.17, 15) is 4.79 Å². The first-order valence-corrected chi connectivity index (χ1v) is 8.35. The molecule has 1 aromatic carbocycles. The molecule has 3 nitrogen and oxygen atoms in total. The number of hydrogen-bond donors (Lipinski definition) is 1. The molecule has 5 heteroatoms. The van der Waals surface area contributed by atoms with Gasteiger partial charge < -0.3 is 10.6 Å². The number of rotatable bonds is 1. The summed E-state index contributed by atoms with van der Waals surface area (Å²) in [6.07, 6.45) is 0. The molecule has 1 aromatic heterocycles. The number of benzene rings is 1. The number of nitrogens with zero attached hydrogens (tertiary/aromatic N) is 1. The maximum atomic E-state index is 12.7. The minimum atomic E-state index is 0.0797. The van der Waals surface area contributed by atoms with E-state index >= 15 is 0 Å². The van der Waals surface area contributed by atoms with Gasteiger partial charge in [0, 0.05) is 27.6 Å². The smallest absolute Gasteiger partial charge is 0.266 e. The van der Waals surface area contributed by atoms with E-state index in [1.54, 1.807) is 0 Å². The molecule has 0 radical (unpaired) electrons. The van der Waals surface area contributed by atoms with Gasteiger partial charge in [-0.25, -0.2) is 0 Å².